The third kappa shape index (κ3) is 5.07. The van der Waals surface area contributed by atoms with Crippen LogP contribution in [0.5, 0.6) is 0 Å². The van der Waals surface area contributed by atoms with E-state index in [0.717, 1.165) is 0 Å². The predicted octanol–water partition coefficient (Wildman–Crippen LogP) is -7.44. The number of benzene rings is 1. The van der Waals surface area contributed by atoms with Crippen molar-refractivity contribution in [3.05, 3.63) is 30.1 Å². The molecule has 0 saturated carbocycles. The molecule has 0 amide bonds. The van der Waals surface area contributed by atoms with Gasteiger partial charge in [0, 0.05) is 5.82 Å². The molecular formula is C12H15BCl2FLiMgO2. The van der Waals surface area contributed by atoms with Crippen LogP contribution in [0, 0.1) is 11.9 Å². The molecule has 1 aromatic carbocycles. The maximum absolute atomic E-state index is 13.6. The van der Waals surface area contributed by atoms with Gasteiger partial charge in [0.25, 0.3) is 0 Å². The Kier molecular flexibility index (Phi) is 12.1. The van der Waals surface area contributed by atoms with Gasteiger partial charge in [-0.1, -0.05) is 5.46 Å². The predicted molar refractivity (Wildman–Crippen MR) is 66.7 cm³/mol. The summed E-state index contributed by atoms with van der Waals surface area (Å²) in [4.78, 5) is 0. The maximum Gasteiger partial charge on any atom is 2.00 e. The molecule has 0 N–H and O–H groups in total. The molecule has 1 fully saturated rings. The summed E-state index contributed by atoms with van der Waals surface area (Å²) in [6.45, 7) is 7.75. The molecule has 0 aliphatic carbocycles. The summed E-state index contributed by atoms with van der Waals surface area (Å²) in [5.74, 6) is -0.346. The molecule has 1 aliphatic heterocycles. The number of halogens is 3. The minimum Gasteiger partial charge on any atom is -1.00 e. The largest absolute Gasteiger partial charge is 2.00 e. The SMILES string of the molecule is CC1(C)OB(c2[c-]cccc2F)OC1(C)C.[Cl-].[Cl-].[Li+].[Mg+2]. The fraction of sp³-hybridized carbons (Fsp3) is 0.500. The van der Waals surface area contributed by atoms with Crippen molar-refractivity contribution in [3.8, 4) is 0 Å². The average Bonchev–Trinajstić information content (AvgIpc) is 2.36. The van der Waals surface area contributed by atoms with E-state index < -0.39 is 18.3 Å². The van der Waals surface area contributed by atoms with Gasteiger partial charge in [-0.3, -0.25) is 4.39 Å². The van der Waals surface area contributed by atoms with Crippen molar-refractivity contribution in [1.82, 2.24) is 0 Å². The van der Waals surface area contributed by atoms with E-state index in [0.29, 0.717) is 5.46 Å². The number of hydrogen-bond donors (Lipinski definition) is 0. The van der Waals surface area contributed by atoms with Crippen LogP contribution in [0.3, 0.4) is 0 Å². The third-order valence-corrected chi connectivity index (χ3v) is 3.32. The minimum absolute atomic E-state index is 0. The fourth-order valence-electron chi connectivity index (χ4n) is 1.57. The smallest absolute Gasteiger partial charge is 1.00 e. The first-order chi connectivity index (χ1) is 7.33. The van der Waals surface area contributed by atoms with E-state index in [1.807, 2.05) is 27.7 Å². The van der Waals surface area contributed by atoms with Crippen LogP contribution >= 0.6 is 0 Å². The first kappa shape index (κ1) is 26.0. The van der Waals surface area contributed by atoms with E-state index in [9.17, 15) is 4.39 Å². The Morgan fingerprint density at radius 2 is 1.55 bits per heavy atom. The number of hydrogen-bond acceptors (Lipinski definition) is 2. The molecule has 0 bridgehead atoms. The topological polar surface area (TPSA) is 18.5 Å². The molecule has 20 heavy (non-hydrogen) atoms. The van der Waals surface area contributed by atoms with E-state index in [-0.39, 0.29) is 72.5 Å². The van der Waals surface area contributed by atoms with Gasteiger partial charge in [-0.2, -0.15) is 18.2 Å². The Morgan fingerprint density at radius 1 is 1.10 bits per heavy atom. The van der Waals surface area contributed by atoms with Crippen molar-refractivity contribution in [2.24, 2.45) is 0 Å². The van der Waals surface area contributed by atoms with Gasteiger partial charge in [0.05, 0.1) is 11.2 Å². The molecule has 1 aromatic rings. The first-order valence-electron chi connectivity index (χ1n) is 5.35. The normalized spacial score (nSPS) is 17.9. The van der Waals surface area contributed by atoms with Crippen molar-refractivity contribution in [2.45, 2.75) is 38.9 Å². The Morgan fingerprint density at radius 3 is 1.95 bits per heavy atom. The fourth-order valence-corrected chi connectivity index (χ4v) is 1.57. The second-order valence-electron chi connectivity index (χ2n) is 5.02. The van der Waals surface area contributed by atoms with Crippen molar-refractivity contribution in [2.75, 3.05) is 0 Å². The second-order valence-corrected chi connectivity index (χ2v) is 5.02. The van der Waals surface area contributed by atoms with Gasteiger partial charge < -0.3 is 34.1 Å². The Balaban J connectivity index is -0.000000722. The molecule has 0 unspecified atom stereocenters. The third-order valence-electron chi connectivity index (χ3n) is 3.32. The quantitative estimate of drug-likeness (QED) is 0.378. The Hall–Kier alpha value is 1.08. The molecular weight excluding hydrogens is 308 g/mol. The first-order valence-corrected chi connectivity index (χ1v) is 5.35. The Labute approximate surface area is 161 Å². The average molecular weight is 323 g/mol. The van der Waals surface area contributed by atoms with Gasteiger partial charge in [-0.15, -0.1) is 6.07 Å². The molecule has 102 valence electrons. The van der Waals surface area contributed by atoms with E-state index >= 15 is 0 Å². The van der Waals surface area contributed by atoms with Crippen molar-refractivity contribution in [1.29, 1.82) is 0 Å². The van der Waals surface area contributed by atoms with E-state index in [4.69, 9.17) is 9.31 Å². The van der Waals surface area contributed by atoms with Gasteiger partial charge in [-0.25, -0.2) is 0 Å². The molecule has 0 spiro atoms. The van der Waals surface area contributed by atoms with Crippen molar-refractivity contribution < 1.29 is 57.4 Å². The van der Waals surface area contributed by atoms with Crippen LogP contribution in [0.1, 0.15) is 27.7 Å². The summed E-state index contributed by atoms with van der Waals surface area (Å²) in [6.07, 6.45) is 0. The minimum atomic E-state index is -0.675. The molecule has 8 heteroatoms. The van der Waals surface area contributed by atoms with Gasteiger partial charge in [0.15, 0.2) is 0 Å². The van der Waals surface area contributed by atoms with Gasteiger partial charge in [-0.05, 0) is 27.7 Å². The van der Waals surface area contributed by atoms with Gasteiger partial charge >= 0.3 is 49.0 Å². The van der Waals surface area contributed by atoms with Crippen LogP contribution in [0.4, 0.5) is 4.39 Å². The summed E-state index contributed by atoms with van der Waals surface area (Å²) in [5.41, 5.74) is -0.567. The monoisotopic (exact) mass is 322 g/mol. The molecule has 0 atom stereocenters. The van der Waals surface area contributed by atoms with E-state index in [2.05, 4.69) is 6.07 Å². The molecule has 0 aromatic heterocycles. The van der Waals surface area contributed by atoms with Crippen LogP contribution in [0.15, 0.2) is 18.2 Å². The summed E-state index contributed by atoms with van der Waals surface area (Å²) in [5, 5.41) is 0. The molecule has 0 radical (unpaired) electrons. The molecule has 1 heterocycles. The Bertz CT molecular complexity index is 408. The van der Waals surface area contributed by atoms with Crippen LogP contribution in [0.2, 0.25) is 0 Å². The summed E-state index contributed by atoms with van der Waals surface area (Å²) < 4.78 is 25.0. The number of rotatable bonds is 1. The van der Waals surface area contributed by atoms with Gasteiger partial charge in [0.1, 0.15) is 0 Å². The zero-order valence-corrected chi connectivity index (χ0v) is 15.4. The van der Waals surface area contributed by atoms with Crippen molar-refractivity contribution >= 4 is 35.6 Å². The zero-order valence-electron chi connectivity index (χ0n) is 12.5. The van der Waals surface area contributed by atoms with E-state index in [1.54, 1.807) is 12.1 Å². The summed E-state index contributed by atoms with van der Waals surface area (Å²) in [6, 6.07) is 7.47. The zero-order chi connectivity index (χ0) is 12.0. The van der Waals surface area contributed by atoms with Gasteiger partial charge in [0.2, 0.25) is 0 Å². The molecule has 1 saturated heterocycles. The molecule has 2 rings (SSSR count). The summed E-state index contributed by atoms with van der Waals surface area (Å²) >= 11 is 0. The van der Waals surface area contributed by atoms with Crippen LogP contribution < -0.4 is 49.1 Å². The van der Waals surface area contributed by atoms with Crippen LogP contribution in [-0.2, 0) is 9.31 Å². The van der Waals surface area contributed by atoms with Crippen LogP contribution in [-0.4, -0.2) is 41.4 Å². The van der Waals surface area contributed by atoms with E-state index in [1.165, 1.54) is 6.07 Å². The standard InChI is InChI=1S/C12H15BFO2.2ClH.Li.Mg/c1-11(2)12(3,4)16-13(15-11)9-7-5-6-8-10(9)14;;;;/h5-6,8H,1-4H3;2*1H;;/q-1;;;+1;+2/p-2. The summed E-state index contributed by atoms with van der Waals surface area (Å²) in [7, 11) is -0.675. The maximum atomic E-state index is 13.6. The molecule has 1 aliphatic rings. The molecule has 2 nitrogen and oxygen atoms in total. The van der Waals surface area contributed by atoms with Crippen molar-refractivity contribution in [3.63, 3.8) is 0 Å². The van der Waals surface area contributed by atoms with Crippen LogP contribution in [0.25, 0.3) is 0 Å². The second kappa shape index (κ2) is 9.27.